The summed E-state index contributed by atoms with van der Waals surface area (Å²) in [6.45, 7) is 8.42. The lowest BCUT2D eigenvalue weighted by molar-refractivity contribution is 0.0680. The van der Waals surface area contributed by atoms with Crippen molar-refractivity contribution >= 4 is 28.4 Å². The van der Waals surface area contributed by atoms with E-state index >= 15 is 0 Å². The summed E-state index contributed by atoms with van der Waals surface area (Å²) >= 11 is 6.22. The van der Waals surface area contributed by atoms with E-state index in [0.29, 0.717) is 39.5 Å². The van der Waals surface area contributed by atoms with Gasteiger partial charge in [-0.1, -0.05) is 54.4 Å². The van der Waals surface area contributed by atoms with Crippen LogP contribution in [-0.4, -0.2) is 26.9 Å². The number of aromatic nitrogens is 2. The summed E-state index contributed by atoms with van der Waals surface area (Å²) in [5, 5.41) is 0.987. The van der Waals surface area contributed by atoms with Gasteiger partial charge in [0.15, 0.2) is 0 Å². The zero-order chi connectivity index (χ0) is 24.4. The largest absolute Gasteiger partial charge is 0.329 e. The zero-order valence-corrected chi connectivity index (χ0v) is 20.6. The molecule has 3 aromatic carbocycles. The minimum Gasteiger partial charge on any atom is -0.329 e. The van der Waals surface area contributed by atoms with Crippen molar-refractivity contribution < 1.29 is 4.79 Å². The van der Waals surface area contributed by atoms with Gasteiger partial charge in [0.2, 0.25) is 0 Å². The van der Waals surface area contributed by atoms with Crippen LogP contribution in [0.2, 0.25) is 5.02 Å². The first-order valence-electron chi connectivity index (χ1n) is 11.5. The van der Waals surface area contributed by atoms with Crippen LogP contribution in [0.1, 0.15) is 53.6 Å². The number of rotatable bonds is 6. The highest BCUT2D eigenvalue weighted by atomic mass is 35.5. The molecule has 1 amide bonds. The lowest BCUT2D eigenvalue weighted by Crippen LogP contribution is -2.38. The molecule has 5 nitrogen and oxygen atoms in total. The van der Waals surface area contributed by atoms with Crippen LogP contribution < -0.4 is 5.56 Å². The van der Waals surface area contributed by atoms with Crippen molar-refractivity contribution in [3.8, 4) is 5.69 Å². The van der Waals surface area contributed by atoms with Gasteiger partial charge in [-0.2, -0.15) is 0 Å². The fourth-order valence-corrected chi connectivity index (χ4v) is 4.38. The number of benzene rings is 3. The van der Waals surface area contributed by atoms with Crippen LogP contribution >= 0.6 is 11.6 Å². The number of carbonyl (C=O) groups excluding carboxylic acids is 1. The fraction of sp³-hybridized carbons (Fsp3) is 0.250. The van der Waals surface area contributed by atoms with Crippen molar-refractivity contribution in [2.45, 2.75) is 40.2 Å². The molecule has 0 aliphatic heterocycles. The SMILES string of the molecule is CCCN(C(=O)c1ccccc1C)C(C)c1nc2cc(Cl)ccc2c(=O)n1-c1ccc(C)cc1. The molecule has 0 radical (unpaired) electrons. The van der Waals surface area contributed by atoms with Crippen molar-refractivity contribution in [3.05, 3.63) is 105 Å². The summed E-state index contributed by atoms with van der Waals surface area (Å²) in [5.74, 6) is 0.419. The molecule has 1 unspecified atom stereocenters. The lowest BCUT2D eigenvalue weighted by atomic mass is 10.1. The van der Waals surface area contributed by atoms with Gasteiger partial charge in [-0.15, -0.1) is 0 Å². The second kappa shape index (κ2) is 9.82. The Morgan fingerprint density at radius 2 is 1.76 bits per heavy atom. The van der Waals surface area contributed by atoms with Crippen molar-refractivity contribution in [2.24, 2.45) is 0 Å². The fourth-order valence-electron chi connectivity index (χ4n) is 4.22. The number of nitrogens with zero attached hydrogens (tertiary/aromatic N) is 3. The van der Waals surface area contributed by atoms with Crippen molar-refractivity contribution in [2.75, 3.05) is 6.54 Å². The highest BCUT2D eigenvalue weighted by Gasteiger charge is 2.27. The molecule has 0 aliphatic carbocycles. The second-order valence-corrected chi connectivity index (χ2v) is 9.03. The van der Waals surface area contributed by atoms with E-state index < -0.39 is 6.04 Å². The topological polar surface area (TPSA) is 55.2 Å². The molecule has 6 heteroatoms. The molecule has 174 valence electrons. The first kappa shape index (κ1) is 23.7. The molecule has 4 rings (SSSR count). The maximum Gasteiger partial charge on any atom is 0.266 e. The number of hydrogen-bond donors (Lipinski definition) is 0. The highest BCUT2D eigenvalue weighted by molar-refractivity contribution is 6.31. The first-order chi connectivity index (χ1) is 16.3. The third kappa shape index (κ3) is 4.48. The Morgan fingerprint density at radius 1 is 1.06 bits per heavy atom. The predicted octanol–water partition coefficient (Wildman–Crippen LogP) is 6.27. The lowest BCUT2D eigenvalue weighted by Gasteiger charge is -2.31. The average molecular weight is 474 g/mol. The second-order valence-electron chi connectivity index (χ2n) is 8.60. The molecule has 0 saturated heterocycles. The molecule has 0 N–H and O–H groups in total. The smallest absolute Gasteiger partial charge is 0.266 e. The van der Waals surface area contributed by atoms with Gasteiger partial charge in [-0.25, -0.2) is 4.98 Å². The number of halogens is 1. The molecular formula is C28H28ClN3O2. The van der Waals surface area contributed by atoms with Gasteiger partial charge in [0, 0.05) is 17.1 Å². The van der Waals surface area contributed by atoms with E-state index in [-0.39, 0.29) is 11.5 Å². The Hall–Kier alpha value is -3.44. The summed E-state index contributed by atoms with van der Waals surface area (Å²) in [6.07, 6.45) is 0.774. The number of aryl methyl sites for hydroxylation is 2. The van der Waals surface area contributed by atoms with Crippen molar-refractivity contribution in [1.29, 1.82) is 0 Å². The van der Waals surface area contributed by atoms with E-state index in [1.165, 1.54) is 0 Å². The van der Waals surface area contributed by atoms with Crippen molar-refractivity contribution in [3.63, 3.8) is 0 Å². The zero-order valence-electron chi connectivity index (χ0n) is 19.9. The Bertz CT molecular complexity index is 1410. The molecular weight excluding hydrogens is 446 g/mol. The summed E-state index contributed by atoms with van der Waals surface area (Å²) in [5.41, 5.74) is 3.69. The van der Waals surface area contributed by atoms with E-state index in [4.69, 9.17) is 16.6 Å². The Morgan fingerprint density at radius 3 is 2.44 bits per heavy atom. The van der Waals surface area contributed by atoms with E-state index in [1.54, 1.807) is 27.7 Å². The first-order valence-corrected chi connectivity index (χ1v) is 11.9. The molecule has 0 fully saturated rings. The number of hydrogen-bond acceptors (Lipinski definition) is 3. The Labute approximate surface area is 204 Å². The predicted molar refractivity (Wildman–Crippen MR) is 138 cm³/mol. The third-order valence-corrected chi connectivity index (χ3v) is 6.33. The van der Waals surface area contributed by atoms with Gasteiger partial charge < -0.3 is 4.90 Å². The molecule has 1 atom stereocenters. The van der Waals surface area contributed by atoms with Gasteiger partial charge in [0.25, 0.3) is 11.5 Å². The number of amides is 1. The number of carbonyl (C=O) groups is 1. The van der Waals surface area contributed by atoms with Gasteiger partial charge in [0.1, 0.15) is 5.82 Å². The highest BCUT2D eigenvalue weighted by Crippen LogP contribution is 2.26. The molecule has 1 heterocycles. The van der Waals surface area contributed by atoms with Gasteiger partial charge in [-0.3, -0.25) is 14.2 Å². The van der Waals surface area contributed by atoms with Crippen LogP contribution in [0.25, 0.3) is 16.6 Å². The quantitative estimate of drug-likeness (QED) is 0.331. The summed E-state index contributed by atoms with van der Waals surface area (Å²) in [7, 11) is 0. The van der Waals surface area contributed by atoms with Gasteiger partial charge in [-0.05, 0) is 69.2 Å². The van der Waals surface area contributed by atoms with Crippen LogP contribution in [0, 0.1) is 13.8 Å². The standard InChI is InChI=1S/C28H28ClN3O2/c1-5-16-31(27(33)23-9-7-6-8-19(23)3)20(4)26-30-25-17-21(29)12-15-24(25)28(34)32(26)22-13-10-18(2)11-14-22/h6-15,17,20H,5,16H2,1-4H3. The Kier molecular flexibility index (Phi) is 6.85. The number of fused-ring (bicyclic) bond motifs is 1. The molecule has 4 aromatic rings. The molecule has 0 aliphatic rings. The molecule has 34 heavy (non-hydrogen) atoms. The maximum absolute atomic E-state index is 13.7. The summed E-state index contributed by atoms with van der Waals surface area (Å²) in [6, 6.07) is 19.9. The van der Waals surface area contributed by atoms with Gasteiger partial charge in [0.05, 0.1) is 22.6 Å². The van der Waals surface area contributed by atoms with Crippen molar-refractivity contribution in [1.82, 2.24) is 14.5 Å². The van der Waals surface area contributed by atoms with Crippen LogP contribution in [0.5, 0.6) is 0 Å². The average Bonchev–Trinajstić information content (AvgIpc) is 2.82. The molecule has 1 aromatic heterocycles. The normalized spacial score (nSPS) is 12.0. The van der Waals surface area contributed by atoms with Crippen LogP contribution in [0.15, 0.2) is 71.5 Å². The molecule has 0 saturated carbocycles. The van der Waals surface area contributed by atoms with Gasteiger partial charge >= 0.3 is 0 Å². The minimum absolute atomic E-state index is 0.0802. The molecule has 0 spiro atoms. The van der Waals surface area contributed by atoms with E-state index in [0.717, 1.165) is 17.5 Å². The van der Waals surface area contributed by atoms with E-state index in [9.17, 15) is 9.59 Å². The van der Waals surface area contributed by atoms with E-state index in [1.807, 2.05) is 76.2 Å². The summed E-state index contributed by atoms with van der Waals surface area (Å²) in [4.78, 5) is 34.0. The maximum atomic E-state index is 13.7. The molecule has 0 bridgehead atoms. The summed E-state index contributed by atoms with van der Waals surface area (Å²) < 4.78 is 1.62. The van der Waals surface area contributed by atoms with Crippen LogP contribution in [0.3, 0.4) is 0 Å². The monoisotopic (exact) mass is 473 g/mol. The van der Waals surface area contributed by atoms with Crippen LogP contribution in [0.4, 0.5) is 0 Å². The minimum atomic E-state index is -0.454. The van der Waals surface area contributed by atoms with Crippen LogP contribution in [-0.2, 0) is 0 Å². The third-order valence-electron chi connectivity index (χ3n) is 6.09. The Balaban J connectivity index is 1.94. The van der Waals surface area contributed by atoms with E-state index in [2.05, 4.69) is 0 Å².